The lowest BCUT2D eigenvalue weighted by molar-refractivity contribution is -0.385. The second-order valence-electron chi connectivity index (χ2n) is 2.70. The number of carbonyl (C=O) groups is 1. The predicted octanol–water partition coefficient (Wildman–Crippen LogP) is 2.15. The van der Waals surface area contributed by atoms with E-state index in [9.17, 15) is 14.9 Å². The average Bonchev–Trinajstić information content (AvgIpc) is 2.25. The van der Waals surface area contributed by atoms with Gasteiger partial charge in [0.25, 0.3) is 5.69 Å². The maximum Gasteiger partial charge on any atom is 0.346 e. The Labute approximate surface area is 99.7 Å². The summed E-state index contributed by atoms with van der Waals surface area (Å²) in [6.07, 6.45) is 4.91. The summed E-state index contributed by atoms with van der Waals surface area (Å²) in [6, 6.07) is 4.05. The van der Waals surface area contributed by atoms with Gasteiger partial charge >= 0.3 is 5.97 Å². The van der Waals surface area contributed by atoms with Crippen LogP contribution < -0.4 is 0 Å². The van der Waals surface area contributed by atoms with Crippen LogP contribution in [0.5, 0.6) is 0 Å². The van der Waals surface area contributed by atoms with Gasteiger partial charge in [0.15, 0.2) is 6.61 Å². The van der Waals surface area contributed by atoms with E-state index in [0.29, 0.717) is 4.47 Å². The summed E-state index contributed by atoms with van der Waals surface area (Å²) < 4.78 is 5.12. The first-order valence-corrected chi connectivity index (χ1v) is 4.90. The van der Waals surface area contributed by atoms with Gasteiger partial charge in [0.2, 0.25) is 0 Å². The molecule has 0 N–H and O–H groups in total. The summed E-state index contributed by atoms with van der Waals surface area (Å²) in [7, 11) is 0. The van der Waals surface area contributed by atoms with Gasteiger partial charge in [0, 0.05) is 10.5 Å². The highest BCUT2D eigenvalue weighted by Gasteiger charge is 2.21. The highest BCUT2D eigenvalue weighted by Crippen LogP contribution is 2.24. The van der Waals surface area contributed by atoms with E-state index in [1.807, 2.05) is 0 Å². The summed E-state index contributed by atoms with van der Waals surface area (Å²) in [4.78, 5) is 21.4. The van der Waals surface area contributed by atoms with Crippen LogP contribution in [0.4, 0.5) is 5.69 Å². The zero-order valence-electron chi connectivity index (χ0n) is 7.97. The summed E-state index contributed by atoms with van der Waals surface area (Å²) in [5.74, 6) is 1.30. The van der Waals surface area contributed by atoms with Crippen molar-refractivity contribution in [2.75, 3.05) is 6.61 Å². The van der Waals surface area contributed by atoms with Gasteiger partial charge in [-0.05, 0) is 12.1 Å². The number of esters is 1. The summed E-state index contributed by atoms with van der Waals surface area (Å²) in [6.45, 7) is -0.216. The number of nitrogens with zero attached hydrogens (tertiary/aromatic N) is 1. The maximum absolute atomic E-state index is 11.4. The Morgan fingerprint density at radius 3 is 2.88 bits per heavy atom. The van der Waals surface area contributed by atoms with Crippen molar-refractivity contribution in [2.24, 2.45) is 0 Å². The van der Waals surface area contributed by atoms with Crippen molar-refractivity contribution in [3.63, 3.8) is 0 Å². The van der Waals surface area contributed by atoms with E-state index < -0.39 is 10.9 Å². The predicted molar refractivity (Wildman–Crippen MR) is 59.9 cm³/mol. The van der Waals surface area contributed by atoms with Gasteiger partial charge in [-0.3, -0.25) is 10.1 Å². The number of carbonyl (C=O) groups excluding carboxylic acids is 1. The number of benzene rings is 1. The minimum atomic E-state index is -0.808. The molecule has 1 rings (SSSR count). The van der Waals surface area contributed by atoms with Crippen molar-refractivity contribution in [1.82, 2.24) is 0 Å². The fraction of sp³-hybridized carbons (Fsp3) is 0.100. The Kier molecular flexibility index (Phi) is 4.03. The Bertz CT molecular complexity index is 478. The standard InChI is InChI=1S/C10H6BrNO4/c1-2-5-16-10(13)8-4-3-7(11)6-9(8)12(14)15/h1,3-4,6H,5H2. The van der Waals surface area contributed by atoms with Gasteiger partial charge in [-0.1, -0.05) is 21.9 Å². The Morgan fingerprint density at radius 1 is 1.62 bits per heavy atom. The molecule has 0 saturated heterocycles. The molecule has 0 aliphatic carbocycles. The molecule has 0 saturated carbocycles. The molecule has 1 aromatic carbocycles. The summed E-state index contributed by atoms with van der Waals surface area (Å²) in [5.41, 5.74) is -0.445. The van der Waals surface area contributed by atoms with Crippen molar-refractivity contribution in [3.05, 3.63) is 38.3 Å². The molecule has 0 spiro atoms. The van der Waals surface area contributed by atoms with Gasteiger partial charge < -0.3 is 4.74 Å². The third-order valence-electron chi connectivity index (χ3n) is 1.66. The van der Waals surface area contributed by atoms with Gasteiger partial charge in [-0.2, -0.15) is 0 Å². The van der Waals surface area contributed by atoms with Crippen LogP contribution in [0, 0.1) is 22.5 Å². The molecule has 1 aromatic rings. The van der Waals surface area contributed by atoms with E-state index in [2.05, 4.69) is 26.6 Å². The Morgan fingerprint density at radius 2 is 2.31 bits per heavy atom. The Hall–Kier alpha value is -1.87. The van der Waals surface area contributed by atoms with Crippen LogP contribution in [0.25, 0.3) is 0 Å². The third kappa shape index (κ3) is 2.81. The molecule has 0 heterocycles. The lowest BCUT2D eigenvalue weighted by atomic mass is 10.2. The molecule has 0 amide bonds. The quantitative estimate of drug-likeness (QED) is 0.369. The lowest BCUT2D eigenvalue weighted by Gasteiger charge is -2.02. The van der Waals surface area contributed by atoms with Crippen LogP contribution in [0.2, 0.25) is 0 Å². The summed E-state index contributed by atoms with van der Waals surface area (Å²) >= 11 is 3.08. The van der Waals surface area contributed by atoms with Gasteiger partial charge in [0.1, 0.15) is 5.56 Å². The molecule has 16 heavy (non-hydrogen) atoms. The van der Waals surface area contributed by atoms with Crippen molar-refractivity contribution in [3.8, 4) is 12.3 Å². The zero-order chi connectivity index (χ0) is 12.1. The van der Waals surface area contributed by atoms with Crippen molar-refractivity contribution >= 4 is 27.6 Å². The summed E-state index contributed by atoms with van der Waals surface area (Å²) in [5, 5.41) is 10.7. The number of terminal acetylenes is 1. The number of nitro benzene ring substituents is 1. The monoisotopic (exact) mass is 283 g/mol. The third-order valence-corrected chi connectivity index (χ3v) is 2.16. The first-order chi connectivity index (χ1) is 7.56. The fourth-order valence-corrected chi connectivity index (χ4v) is 1.36. The maximum atomic E-state index is 11.4. The van der Waals surface area contributed by atoms with Gasteiger partial charge in [-0.15, -0.1) is 6.42 Å². The van der Waals surface area contributed by atoms with E-state index >= 15 is 0 Å². The fourth-order valence-electron chi connectivity index (χ4n) is 1.01. The number of nitro groups is 1. The minimum absolute atomic E-state index is 0.122. The molecule has 0 unspecified atom stereocenters. The van der Waals surface area contributed by atoms with E-state index in [1.54, 1.807) is 0 Å². The number of hydrogen-bond acceptors (Lipinski definition) is 4. The van der Waals surface area contributed by atoms with Gasteiger partial charge in [-0.25, -0.2) is 4.79 Å². The van der Waals surface area contributed by atoms with Crippen molar-refractivity contribution in [2.45, 2.75) is 0 Å². The van der Waals surface area contributed by atoms with Crippen LogP contribution in [-0.2, 0) is 4.74 Å². The van der Waals surface area contributed by atoms with Crippen LogP contribution in [-0.4, -0.2) is 17.5 Å². The van der Waals surface area contributed by atoms with Crippen molar-refractivity contribution in [1.29, 1.82) is 0 Å². The molecule has 0 aliphatic rings. The van der Waals surface area contributed by atoms with E-state index in [1.165, 1.54) is 18.2 Å². The highest BCUT2D eigenvalue weighted by atomic mass is 79.9. The van der Waals surface area contributed by atoms with E-state index in [-0.39, 0.29) is 17.9 Å². The topological polar surface area (TPSA) is 69.4 Å². The molecule has 0 fully saturated rings. The second-order valence-corrected chi connectivity index (χ2v) is 3.61. The van der Waals surface area contributed by atoms with E-state index in [0.717, 1.165) is 0 Å². The molecule has 0 radical (unpaired) electrons. The smallest absolute Gasteiger partial charge is 0.346 e. The van der Waals surface area contributed by atoms with Crippen LogP contribution >= 0.6 is 15.9 Å². The number of hydrogen-bond donors (Lipinski definition) is 0. The molecule has 6 heteroatoms. The van der Waals surface area contributed by atoms with Crippen LogP contribution in [0.1, 0.15) is 10.4 Å². The first-order valence-electron chi connectivity index (χ1n) is 4.10. The SMILES string of the molecule is C#CCOC(=O)c1ccc(Br)cc1[N+](=O)[O-]. The normalized spacial score (nSPS) is 9.25. The molecule has 0 aliphatic heterocycles. The second kappa shape index (κ2) is 5.28. The first kappa shape index (κ1) is 12.2. The zero-order valence-corrected chi connectivity index (χ0v) is 9.56. The molecule has 0 bridgehead atoms. The molecular formula is C10H6BrNO4. The molecule has 82 valence electrons. The molecule has 5 nitrogen and oxygen atoms in total. The average molecular weight is 284 g/mol. The minimum Gasteiger partial charge on any atom is -0.449 e. The van der Waals surface area contributed by atoms with Gasteiger partial charge in [0.05, 0.1) is 4.92 Å². The highest BCUT2D eigenvalue weighted by molar-refractivity contribution is 9.10. The van der Waals surface area contributed by atoms with Crippen molar-refractivity contribution < 1.29 is 14.5 Å². The number of halogens is 1. The largest absolute Gasteiger partial charge is 0.449 e. The van der Waals surface area contributed by atoms with E-state index in [4.69, 9.17) is 6.42 Å². The number of ether oxygens (including phenoxy) is 1. The molecule has 0 atom stereocenters. The molecule has 0 aromatic heterocycles. The Balaban J connectivity index is 3.08. The molecular weight excluding hydrogens is 278 g/mol. The lowest BCUT2D eigenvalue weighted by Crippen LogP contribution is -2.08. The van der Waals surface area contributed by atoms with Crippen LogP contribution in [0.15, 0.2) is 22.7 Å². The number of rotatable bonds is 3. The van der Waals surface area contributed by atoms with Crippen LogP contribution in [0.3, 0.4) is 0 Å².